The molecule has 27 heteroatoms. The van der Waals surface area contributed by atoms with Crippen molar-refractivity contribution in [1.82, 2.24) is 15.5 Å². The Morgan fingerprint density at radius 3 is 2.19 bits per heavy atom. The molecule has 3 aromatic rings. The van der Waals surface area contributed by atoms with Gasteiger partial charge in [0.05, 0.1) is 54.3 Å². The number of fused-ring (bicyclic) bond motifs is 2. The Balaban J connectivity index is 1.14. The van der Waals surface area contributed by atoms with E-state index >= 15 is 0 Å². The van der Waals surface area contributed by atoms with E-state index in [1.54, 1.807) is 37.4 Å². The maximum atomic E-state index is 13.8. The minimum Gasteiger partial charge on any atom is -0.478 e. The van der Waals surface area contributed by atoms with Crippen LogP contribution in [-0.2, 0) is 64.9 Å². The number of rotatable bonds is 29. The van der Waals surface area contributed by atoms with Gasteiger partial charge in [0.1, 0.15) is 0 Å². The third-order valence-electron chi connectivity index (χ3n) is 12.2. The van der Waals surface area contributed by atoms with E-state index in [9.17, 15) is 74.5 Å². The number of hydrogen-bond donors (Lipinski definition) is 8. The largest absolute Gasteiger partial charge is 0.478 e. The van der Waals surface area contributed by atoms with Crippen LogP contribution in [0.4, 0.5) is 5.69 Å². The fraction of sp³-hybridized carbons (Fsp3) is 0.340. The molecule has 3 amide bonds. The van der Waals surface area contributed by atoms with Crippen molar-refractivity contribution in [3.63, 3.8) is 0 Å². The summed E-state index contributed by atoms with van der Waals surface area (Å²) in [6.07, 6.45) is -1.55. The van der Waals surface area contributed by atoms with E-state index in [0.29, 0.717) is 25.3 Å². The number of likely N-dealkylation sites (tertiary alicyclic amines) is 1. The lowest BCUT2D eigenvalue weighted by Crippen LogP contribution is -2.44. The van der Waals surface area contributed by atoms with Gasteiger partial charge in [-0.15, -0.1) is 11.8 Å². The summed E-state index contributed by atoms with van der Waals surface area (Å²) in [7, 11) is -8.74. The van der Waals surface area contributed by atoms with Gasteiger partial charge in [-0.25, -0.2) is 9.59 Å². The van der Waals surface area contributed by atoms with Crippen LogP contribution in [0.15, 0.2) is 87.0 Å². The number of aliphatic carboxylic acids is 1. The molecule has 24 nitrogen and oxygen atoms in total. The number of carbonyl (C=O) groups excluding carboxylic acids is 6. The number of anilines is 1. The van der Waals surface area contributed by atoms with Crippen LogP contribution in [0.5, 0.6) is 0 Å². The molecule has 3 aliphatic rings. The van der Waals surface area contributed by atoms with Crippen LogP contribution in [0.1, 0.15) is 58.4 Å². The molecule has 0 bridgehead atoms. The van der Waals surface area contributed by atoms with Crippen molar-refractivity contribution in [3.8, 4) is 22.5 Å². The van der Waals surface area contributed by atoms with E-state index in [-0.39, 0.29) is 85.3 Å². The van der Waals surface area contributed by atoms with Crippen LogP contribution >= 0.6 is 11.8 Å². The van der Waals surface area contributed by atoms with Crippen LogP contribution in [0.2, 0.25) is 0 Å². The summed E-state index contributed by atoms with van der Waals surface area (Å²) in [5.41, 5.74) is 3.75. The molecule has 1 fully saturated rings. The van der Waals surface area contributed by atoms with Gasteiger partial charge in [0.15, 0.2) is 32.7 Å². The topological polar surface area (TPSA) is 395 Å². The lowest BCUT2D eigenvalue weighted by molar-refractivity contribution is -0.151. The van der Waals surface area contributed by atoms with Gasteiger partial charge in [-0.2, -0.15) is 16.8 Å². The normalized spacial score (nSPS) is 14.7. The molecule has 3 unspecified atom stereocenters. The van der Waals surface area contributed by atoms with Crippen molar-refractivity contribution >= 4 is 95.7 Å². The number of Topliss-reactive ketones (excluding diaryl/α,β-unsaturated/α-hetero) is 3. The molecule has 2 aliphatic heterocycles. The zero-order chi connectivity index (χ0) is 56.4. The summed E-state index contributed by atoms with van der Waals surface area (Å²) in [4.78, 5) is 104. The molecular formula is C50H53N5O19S3. The van der Waals surface area contributed by atoms with Crippen LogP contribution in [-0.4, -0.2) is 152 Å². The van der Waals surface area contributed by atoms with Crippen LogP contribution in [0.25, 0.3) is 33.4 Å². The van der Waals surface area contributed by atoms with E-state index in [1.807, 2.05) is 0 Å². The van der Waals surface area contributed by atoms with Crippen molar-refractivity contribution in [2.45, 2.75) is 59.6 Å². The van der Waals surface area contributed by atoms with Crippen LogP contribution < -0.4 is 21.7 Å². The highest BCUT2D eigenvalue weighted by atomic mass is 32.2. The highest BCUT2D eigenvalue weighted by Crippen LogP contribution is 2.46. The van der Waals surface area contributed by atoms with E-state index in [1.165, 1.54) is 12.1 Å². The lowest BCUT2D eigenvalue weighted by Gasteiger charge is -2.21. The number of benzene rings is 4. The van der Waals surface area contributed by atoms with Crippen LogP contribution in [0.3, 0.4) is 0 Å². The smallest absolute Gasteiger partial charge is 0.372 e. The third-order valence-corrected chi connectivity index (χ3v) is 15.4. The molecule has 410 valence electrons. The number of ketones is 3. The fourth-order valence-corrected chi connectivity index (χ4v) is 11.3. The first-order valence-corrected chi connectivity index (χ1v) is 27.5. The molecule has 0 radical (unpaired) electrons. The van der Waals surface area contributed by atoms with Gasteiger partial charge in [0.25, 0.3) is 20.2 Å². The van der Waals surface area contributed by atoms with E-state index in [4.69, 9.17) is 25.0 Å². The van der Waals surface area contributed by atoms with Crippen molar-refractivity contribution in [1.29, 1.82) is 5.41 Å². The summed E-state index contributed by atoms with van der Waals surface area (Å²) < 4.78 is 87.0. The summed E-state index contributed by atoms with van der Waals surface area (Å²) in [6.45, 7) is 1.39. The number of amides is 3. The quantitative estimate of drug-likeness (QED) is 0.00649. The SMILES string of the molecule is CNCCOCCOCCC(=O)NC(Cc1ccccc1)C(=O)CC(CSC1CC(=O)N(CCCC(=O)c2ccc(-c3c4ccc(=N)c(S(=O)(=O)O)c-4oc4c(S(=O)(=O)O)c(N)ccc34)c(C(=O)O)c2)C1=O)C(=O)C(=O)O. The Morgan fingerprint density at radius 1 is 0.870 bits per heavy atom. The number of ether oxygens (including phenoxy) is 2. The number of carboxylic acid groups (broad SMARTS) is 2. The van der Waals surface area contributed by atoms with Crippen LogP contribution in [0, 0.1) is 11.3 Å². The zero-order valence-corrected chi connectivity index (χ0v) is 43.5. The van der Waals surface area contributed by atoms with Gasteiger partial charge in [0, 0.05) is 72.5 Å². The van der Waals surface area contributed by atoms with E-state index in [2.05, 4.69) is 10.6 Å². The Hall–Kier alpha value is -7.24. The number of thioether (sulfide) groups is 1. The molecule has 3 atom stereocenters. The first-order valence-electron chi connectivity index (χ1n) is 23.5. The number of nitrogen functional groups attached to an aromatic ring is 1. The fourth-order valence-electron chi connectivity index (χ4n) is 8.51. The Kier molecular flexibility index (Phi) is 19.7. The van der Waals surface area contributed by atoms with Gasteiger partial charge >= 0.3 is 11.9 Å². The molecule has 3 aromatic carbocycles. The monoisotopic (exact) mass is 1120 g/mol. The molecule has 6 rings (SSSR count). The van der Waals surface area contributed by atoms with Crippen molar-refractivity contribution in [2.75, 3.05) is 58.1 Å². The summed E-state index contributed by atoms with van der Waals surface area (Å²) in [5.74, 6) is -10.6. The maximum Gasteiger partial charge on any atom is 0.372 e. The molecule has 1 aliphatic carbocycles. The van der Waals surface area contributed by atoms with Gasteiger partial charge in [0.2, 0.25) is 23.5 Å². The number of aromatic carboxylic acids is 1. The number of nitrogens with two attached hydrogens (primary N) is 1. The molecule has 9 N–H and O–H groups in total. The predicted molar refractivity (Wildman–Crippen MR) is 274 cm³/mol. The average molecular weight is 1120 g/mol. The first kappa shape index (κ1) is 59.0. The molecule has 0 spiro atoms. The highest BCUT2D eigenvalue weighted by Gasteiger charge is 2.41. The summed E-state index contributed by atoms with van der Waals surface area (Å²) >= 11 is 0.799. The third kappa shape index (κ3) is 14.6. The number of nitrogens with one attached hydrogen (secondary N) is 3. The van der Waals surface area contributed by atoms with Crippen molar-refractivity contribution in [2.24, 2.45) is 5.92 Å². The minimum atomic E-state index is -5.28. The number of likely N-dealkylation sites (N-methyl/N-ethyl adjacent to an activating group) is 1. The molecule has 1 saturated heterocycles. The molecular weight excluding hydrogens is 1070 g/mol. The highest BCUT2D eigenvalue weighted by molar-refractivity contribution is 8.00. The summed E-state index contributed by atoms with van der Waals surface area (Å²) in [6, 6.07) is 15.2. The van der Waals surface area contributed by atoms with Crippen molar-refractivity contribution in [3.05, 3.63) is 94.8 Å². The van der Waals surface area contributed by atoms with Gasteiger partial charge in [-0.05, 0) is 61.3 Å². The van der Waals surface area contributed by atoms with Gasteiger partial charge in [-0.1, -0.05) is 42.5 Å². The Morgan fingerprint density at radius 2 is 1.55 bits per heavy atom. The van der Waals surface area contributed by atoms with Crippen molar-refractivity contribution < 1.29 is 88.4 Å². The van der Waals surface area contributed by atoms with Gasteiger partial charge < -0.3 is 40.5 Å². The number of carboxylic acids is 2. The average Bonchev–Trinajstić information content (AvgIpc) is 3.67. The summed E-state index contributed by atoms with van der Waals surface area (Å²) in [5, 5.41) is 31.8. The zero-order valence-electron chi connectivity index (χ0n) is 41.0. The van der Waals surface area contributed by atoms with E-state index in [0.717, 1.165) is 47.0 Å². The standard InChI is InChI=1S/C50H53N5O19S3/c1-53-16-19-73-21-20-72-18-15-40(58)54-36(22-27-6-3-2-4-7-27)38(57)24-29(43(60)50(64)65)26-75-39-25-41(59)55(48(39)61)17-5-8-37(56)28-9-10-30(33(23-28)49(62)63)42-31-11-13-34(51)46(76(66,67)68)44(31)74-45-32(42)12-14-35(52)47(45)77(69,70)71/h2-4,6-7,9-14,23,29,36,39,51,53H,5,8,15-22,24-26,52H2,1H3,(H,54,58)(H,62,63)(H,64,65)(H,66,67,68)(H,69,70,71). The van der Waals surface area contributed by atoms with E-state index < -0.39 is 129 Å². The number of hydrogen-bond acceptors (Lipinski definition) is 19. The Bertz CT molecular complexity index is 3390. The molecule has 0 saturated carbocycles. The maximum absolute atomic E-state index is 13.8. The number of imide groups is 1. The lowest BCUT2D eigenvalue weighted by atomic mass is 9.89. The predicted octanol–water partition coefficient (Wildman–Crippen LogP) is 2.88. The number of nitrogens with zero attached hydrogens (tertiary/aromatic N) is 1. The second-order valence-electron chi connectivity index (χ2n) is 17.5. The van der Waals surface area contributed by atoms with Gasteiger partial charge in [-0.3, -0.25) is 48.2 Å². The number of carbonyl (C=O) groups is 8. The minimum absolute atomic E-state index is 0.0152. The molecule has 77 heavy (non-hydrogen) atoms. The molecule has 0 aromatic heterocycles. The first-order chi connectivity index (χ1) is 36.4. The second kappa shape index (κ2) is 25.7. The second-order valence-corrected chi connectivity index (χ2v) is 21.5. The molecule has 2 heterocycles. The Labute approximate surface area is 444 Å².